The second-order valence-electron chi connectivity index (χ2n) is 14.6. The van der Waals surface area contributed by atoms with Gasteiger partial charge in [-0.25, -0.2) is 0 Å². The van der Waals surface area contributed by atoms with E-state index in [1.54, 1.807) is 0 Å². The first-order valence-corrected chi connectivity index (χ1v) is 15.0. The highest BCUT2D eigenvalue weighted by Gasteiger charge is 2.46. The molecule has 38 heavy (non-hydrogen) atoms. The van der Waals surface area contributed by atoms with Crippen molar-refractivity contribution < 1.29 is 4.79 Å². The van der Waals surface area contributed by atoms with Gasteiger partial charge in [-0.3, -0.25) is 4.79 Å². The van der Waals surface area contributed by atoms with Gasteiger partial charge in [0, 0.05) is 17.8 Å². The Balaban J connectivity index is 1.78. The van der Waals surface area contributed by atoms with Crippen molar-refractivity contribution in [1.82, 2.24) is 4.90 Å². The molecule has 1 amide bonds. The van der Waals surface area contributed by atoms with Gasteiger partial charge in [-0.2, -0.15) is 0 Å². The Kier molecular flexibility index (Phi) is 7.69. The van der Waals surface area contributed by atoms with E-state index < -0.39 is 0 Å². The maximum atomic E-state index is 13.9. The summed E-state index contributed by atoms with van der Waals surface area (Å²) in [6.07, 6.45) is 5.59. The van der Waals surface area contributed by atoms with Gasteiger partial charge >= 0.3 is 0 Å². The number of carbonyl (C=O) groups is 1. The minimum Gasteiger partial charge on any atom is -0.321 e. The van der Waals surface area contributed by atoms with Crippen LogP contribution < -0.4 is 5.32 Å². The molecule has 0 fully saturated rings. The van der Waals surface area contributed by atoms with Gasteiger partial charge in [0.1, 0.15) is 0 Å². The van der Waals surface area contributed by atoms with Crippen molar-refractivity contribution in [3.63, 3.8) is 0 Å². The minimum absolute atomic E-state index is 0.00839. The Morgan fingerprint density at radius 2 is 1.18 bits per heavy atom. The van der Waals surface area contributed by atoms with Crippen LogP contribution in [0.4, 0.5) is 5.69 Å². The van der Waals surface area contributed by atoms with Gasteiger partial charge < -0.3 is 10.2 Å². The molecule has 3 heteroatoms. The van der Waals surface area contributed by atoms with Gasteiger partial charge in [-0.1, -0.05) is 87.4 Å². The van der Waals surface area contributed by atoms with Crippen LogP contribution in [0, 0.1) is 0 Å². The summed E-state index contributed by atoms with van der Waals surface area (Å²) < 4.78 is 0. The lowest BCUT2D eigenvalue weighted by Gasteiger charge is -2.49. The van der Waals surface area contributed by atoms with Crippen LogP contribution in [0.5, 0.6) is 0 Å². The Labute approximate surface area is 232 Å². The summed E-state index contributed by atoms with van der Waals surface area (Å²) in [6.45, 7) is 26.6. The molecular weight excluding hydrogens is 464 g/mol. The van der Waals surface area contributed by atoms with Crippen molar-refractivity contribution in [3.8, 4) is 0 Å². The number of nitrogens with one attached hydrogen (secondary N) is 1. The van der Waals surface area contributed by atoms with Crippen LogP contribution in [-0.2, 0) is 28.1 Å². The topological polar surface area (TPSA) is 32.3 Å². The van der Waals surface area contributed by atoms with E-state index in [1.807, 2.05) is 12.1 Å². The number of likely N-dealkylation sites (N-methyl/N-ethyl adjacent to an activating group) is 1. The molecule has 0 saturated heterocycles. The molecule has 0 unspecified atom stereocenters. The van der Waals surface area contributed by atoms with E-state index in [0.717, 1.165) is 63.0 Å². The third-order valence-corrected chi connectivity index (χ3v) is 9.95. The van der Waals surface area contributed by atoms with E-state index in [2.05, 4.69) is 97.7 Å². The predicted molar refractivity (Wildman–Crippen MR) is 163 cm³/mol. The zero-order valence-corrected chi connectivity index (χ0v) is 25.9. The summed E-state index contributed by atoms with van der Waals surface area (Å²) >= 11 is 0. The number of amides is 1. The van der Waals surface area contributed by atoms with Crippen molar-refractivity contribution in [1.29, 1.82) is 0 Å². The maximum Gasteiger partial charge on any atom is 0.255 e. The maximum absolute atomic E-state index is 13.9. The standard InChI is InChI=1S/C35H52N2O/c1-11-37(12-2)22-17-24-13-15-25(16-14-24)31(38)36-30-28-26(32(3,4)18-20-34(28,7)8)23-27-29(30)35(9,10)21-19-33(27,5)6/h13-16,23H,11-12,17-22H2,1-10H3,(H,36,38). The second kappa shape index (κ2) is 10.1. The lowest BCUT2D eigenvalue weighted by molar-refractivity contribution is 0.102. The molecule has 4 rings (SSSR count). The highest BCUT2D eigenvalue weighted by Crippen LogP contribution is 2.56. The number of hydrogen-bond donors (Lipinski definition) is 1. The van der Waals surface area contributed by atoms with E-state index in [1.165, 1.54) is 27.8 Å². The molecule has 2 aliphatic rings. The molecular formula is C35H52N2O. The molecule has 0 radical (unpaired) electrons. The normalized spacial score (nSPS) is 20.5. The Hall–Kier alpha value is -2.13. The van der Waals surface area contributed by atoms with Crippen LogP contribution in [0.3, 0.4) is 0 Å². The molecule has 1 N–H and O–H groups in total. The third-order valence-electron chi connectivity index (χ3n) is 9.95. The molecule has 2 aliphatic carbocycles. The monoisotopic (exact) mass is 516 g/mol. The zero-order chi connectivity index (χ0) is 28.1. The summed E-state index contributed by atoms with van der Waals surface area (Å²) in [7, 11) is 0. The molecule has 0 saturated carbocycles. The van der Waals surface area contributed by atoms with Crippen molar-refractivity contribution >= 4 is 11.6 Å². The lowest BCUT2D eigenvalue weighted by atomic mass is 9.56. The van der Waals surface area contributed by atoms with Crippen LogP contribution in [-0.4, -0.2) is 30.4 Å². The molecule has 2 aromatic rings. The molecule has 0 heterocycles. The summed E-state index contributed by atoms with van der Waals surface area (Å²) in [6, 6.07) is 10.8. The molecule has 3 nitrogen and oxygen atoms in total. The Morgan fingerprint density at radius 1 is 0.737 bits per heavy atom. The number of carbonyl (C=O) groups excluding carboxylic acids is 1. The smallest absolute Gasteiger partial charge is 0.255 e. The van der Waals surface area contributed by atoms with Crippen molar-refractivity contribution in [2.24, 2.45) is 0 Å². The first kappa shape index (κ1) is 28.9. The number of nitrogens with zero attached hydrogens (tertiary/aromatic N) is 1. The largest absolute Gasteiger partial charge is 0.321 e. The number of rotatable bonds is 7. The van der Waals surface area contributed by atoms with Crippen LogP contribution in [0.25, 0.3) is 0 Å². The van der Waals surface area contributed by atoms with Crippen molar-refractivity contribution in [3.05, 3.63) is 63.7 Å². The first-order chi connectivity index (χ1) is 17.6. The van der Waals surface area contributed by atoms with Gasteiger partial charge in [0.15, 0.2) is 0 Å². The van der Waals surface area contributed by atoms with E-state index in [0.29, 0.717) is 0 Å². The number of hydrogen-bond acceptors (Lipinski definition) is 2. The van der Waals surface area contributed by atoms with Crippen LogP contribution in [0.1, 0.15) is 133 Å². The summed E-state index contributed by atoms with van der Waals surface area (Å²) in [5, 5.41) is 3.54. The number of benzene rings is 2. The van der Waals surface area contributed by atoms with E-state index in [9.17, 15) is 4.79 Å². The fraction of sp³-hybridized carbons (Fsp3) is 0.629. The Morgan fingerprint density at radius 3 is 1.63 bits per heavy atom. The highest BCUT2D eigenvalue weighted by atomic mass is 16.1. The van der Waals surface area contributed by atoms with Gasteiger partial charge in [-0.15, -0.1) is 0 Å². The zero-order valence-electron chi connectivity index (χ0n) is 25.9. The third kappa shape index (κ3) is 5.33. The average Bonchev–Trinajstić information content (AvgIpc) is 2.85. The van der Waals surface area contributed by atoms with E-state index >= 15 is 0 Å². The summed E-state index contributed by atoms with van der Waals surface area (Å²) in [5.41, 5.74) is 8.90. The van der Waals surface area contributed by atoms with Crippen LogP contribution in [0.2, 0.25) is 0 Å². The van der Waals surface area contributed by atoms with Gasteiger partial charge in [0.25, 0.3) is 5.91 Å². The van der Waals surface area contributed by atoms with Crippen molar-refractivity contribution in [2.45, 2.75) is 123 Å². The minimum atomic E-state index is 0.00839. The highest BCUT2D eigenvalue weighted by molar-refractivity contribution is 6.05. The first-order valence-electron chi connectivity index (χ1n) is 15.0. The molecule has 0 aliphatic heterocycles. The lowest BCUT2D eigenvalue weighted by Crippen LogP contribution is -2.41. The summed E-state index contributed by atoms with van der Waals surface area (Å²) in [4.78, 5) is 16.3. The fourth-order valence-corrected chi connectivity index (χ4v) is 6.89. The Bertz CT molecular complexity index is 1130. The predicted octanol–water partition coefficient (Wildman–Crippen LogP) is 8.52. The molecule has 0 atom stereocenters. The summed E-state index contributed by atoms with van der Waals surface area (Å²) in [5.74, 6) is 0.00857. The molecule has 0 bridgehead atoms. The van der Waals surface area contributed by atoms with E-state index in [4.69, 9.17) is 0 Å². The number of anilines is 1. The van der Waals surface area contributed by atoms with Gasteiger partial charge in [0.2, 0.25) is 0 Å². The number of fused-ring (bicyclic) bond motifs is 2. The molecule has 2 aromatic carbocycles. The van der Waals surface area contributed by atoms with Gasteiger partial charge in [0.05, 0.1) is 0 Å². The second-order valence-corrected chi connectivity index (χ2v) is 14.6. The van der Waals surface area contributed by atoms with Crippen LogP contribution >= 0.6 is 0 Å². The van der Waals surface area contributed by atoms with Gasteiger partial charge in [-0.05, 0) is 107 Å². The average molecular weight is 517 g/mol. The SMILES string of the molecule is CCN(CC)CCc1ccc(C(=O)Nc2c3c(cc4c2C(C)(C)CCC4(C)C)C(C)(C)CCC3(C)C)cc1. The quantitative estimate of drug-likeness (QED) is 0.400. The fourth-order valence-electron chi connectivity index (χ4n) is 6.89. The van der Waals surface area contributed by atoms with E-state index in [-0.39, 0.29) is 27.6 Å². The molecule has 0 spiro atoms. The molecule has 208 valence electrons. The van der Waals surface area contributed by atoms with Crippen LogP contribution in [0.15, 0.2) is 30.3 Å². The van der Waals surface area contributed by atoms with Crippen molar-refractivity contribution in [2.75, 3.05) is 25.0 Å². The molecule has 0 aromatic heterocycles.